The minimum Gasteiger partial charge on any atom is -0.360 e. The van der Waals surface area contributed by atoms with Crippen LogP contribution in [0.3, 0.4) is 0 Å². The van der Waals surface area contributed by atoms with Crippen LogP contribution < -0.4 is 5.32 Å². The Labute approximate surface area is 149 Å². The maximum Gasteiger partial charge on any atom is 0.169 e. The Morgan fingerprint density at radius 2 is 2.04 bits per heavy atom. The summed E-state index contributed by atoms with van der Waals surface area (Å²) < 4.78 is 1.91. The average molecular weight is 343 g/mol. The Morgan fingerprint density at radius 1 is 1.29 bits per heavy atom. The Balaban J connectivity index is 1.57. The van der Waals surface area contributed by atoms with Gasteiger partial charge in [-0.3, -0.25) is 0 Å². The van der Waals surface area contributed by atoms with Crippen LogP contribution in [-0.4, -0.2) is 32.9 Å². The van der Waals surface area contributed by atoms with Crippen LogP contribution in [0.25, 0.3) is 5.69 Å². The quantitative estimate of drug-likeness (QED) is 0.858. The lowest BCUT2D eigenvalue weighted by molar-refractivity contribution is 0.300. The number of benzene rings is 1. The van der Waals surface area contributed by atoms with Gasteiger partial charge >= 0.3 is 0 Å². The summed E-state index contributed by atoms with van der Waals surface area (Å²) in [5, 5.41) is 8.84. The van der Waals surface area contributed by atoms with Gasteiger partial charge in [-0.2, -0.15) is 5.10 Å². The van der Waals surface area contributed by atoms with Gasteiger partial charge in [0.1, 0.15) is 0 Å². The van der Waals surface area contributed by atoms with Crippen molar-refractivity contribution in [1.29, 1.82) is 0 Å². The highest BCUT2D eigenvalue weighted by Gasteiger charge is 2.22. The molecular weight excluding hydrogens is 316 g/mol. The fourth-order valence-corrected chi connectivity index (χ4v) is 3.52. The molecule has 0 radical (unpaired) electrons. The minimum atomic E-state index is 0.515. The normalized spacial score (nSPS) is 20.6. The predicted molar refractivity (Wildman–Crippen MR) is 102 cm³/mol. The molecule has 5 heteroatoms. The lowest BCUT2D eigenvalue weighted by Gasteiger charge is -2.32. The van der Waals surface area contributed by atoms with Crippen LogP contribution in [0.2, 0.25) is 0 Å². The molecule has 1 aromatic heterocycles. The van der Waals surface area contributed by atoms with Gasteiger partial charge in [0.25, 0.3) is 0 Å². The molecule has 0 aliphatic heterocycles. The average Bonchev–Trinajstić information content (AvgIpc) is 3.06. The predicted octanol–water partition coefficient (Wildman–Crippen LogP) is 3.76. The smallest absolute Gasteiger partial charge is 0.169 e. The molecule has 2 atom stereocenters. The van der Waals surface area contributed by atoms with Gasteiger partial charge in [0.15, 0.2) is 5.11 Å². The maximum absolute atomic E-state index is 5.60. The molecule has 4 nitrogen and oxygen atoms in total. The minimum absolute atomic E-state index is 0.515. The van der Waals surface area contributed by atoms with Crippen LogP contribution in [-0.2, 0) is 6.54 Å². The van der Waals surface area contributed by atoms with E-state index in [1.807, 2.05) is 36.1 Å². The zero-order valence-corrected chi connectivity index (χ0v) is 15.3. The van der Waals surface area contributed by atoms with Crippen molar-refractivity contribution in [2.45, 2.75) is 45.2 Å². The topological polar surface area (TPSA) is 33.1 Å². The van der Waals surface area contributed by atoms with Crippen LogP contribution in [0.4, 0.5) is 0 Å². The molecule has 1 aliphatic carbocycles. The van der Waals surface area contributed by atoms with Gasteiger partial charge in [-0.1, -0.05) is 38.0 Å². The summed E-state index contributed by atoms with van der Waals surface area (Å²) >= 11 is 5.60. The van der Waals surface area contributed by atoms with Crippen LogP contribution >= 0.6 is 12.2 Å². The van der Waals surface area contributed by atoms with E-state index in [-0.39, 0.29) is 0 Å². The monoisotopic (exact) mass is 342 g/mol. The van der Waals surface area contributed by atoms with E-state index in [0.717, 1.165) is 22.9 Å². The summed E-state index contributed by atoms with van der Waals surface area (Å²) in [4.78, 5) is 2.10. The Morgan fingerprint density at radius 3 is 2.79 bits per heavy atom. The third-order valence-electron chi connectivity index (χ3n) is 4.84. The van der Waals surface area contributed by atoms with Gasteiger partial charge in [-0.25, -0.2) is 4.68 Å². The highest BCUT2D eigenvalue weighted by Crippen LogP contribution is 2.23. The summed E-state index contributed by atoms with van der Waals surface area (Å²) in [6.07, 6.45) is 9.15. The second kappa shape index (κ2) is 7.79. The van der Waals surface area contributed by atoms with Gasteiger partial charge in [-0.15, -0.1) is 0 Å². The van der Waals surface area contributed by atoms with E-state index in [1.165, 1.54) is 25.7 Å². The molecule has 0 unspecified atom stereocenters. The van der Waals surface area contributed by atoms with Crippen molar-refractivity contribution >= 4 is 17.3 Å². The van der Waals surface area contributed by atoms with Gasteiger partial charge < -0.3 is 10.2 Å². The Hall–Kier alpha value is -1.88. The van der Waals surface area contributed by atoms with Crippen molar-refractivity contribution in [3.05, 3.63) is 48.3 Å². The number of nitrogens with zero attached hydrogens (tertiary/aromatic N) is 3. The highest BCUT2D eigenvalue weighted by atomic mass is 32.1. The van der Waals surface area contributed by atoms with E-state index < -0.39 is 0 Å². The van der Waals surface area contributed by atoms with E-state index in [1.54, 1.807) is 0 Å². The molecule has 1 saturated carbocycles. The standard InChI is InChI=1S/C19H26N4S/c1-15-8-6-7-11-18(15)21-19(24)22(2)13-16-12-20-23(14-16)17-9-4-3-5-10-17/h3-5,9-10,12,14-15,18H,6-8,11,13H2,1-2H3,(H,21,24)/t15-,18-/m1/s1. The van der Waals surface area contributed by atoms with Gasteiger partial charge in [0.05, 0.1) is 11.9 Å². The second-order valence-corrected chi connectivity index (χ2v) is 7.19. The highest BCUT2D eigenvalue weighted by molar-refractivity contribution is 7.80. The Bertz CT molecular complexity index is 667. The summed E-state index contributed by atoms with van der Waals surface area (Å²) in [6.45, 7) is 3.09. The largest absolute Gasteiger partial charge is 0.360 e. The molecule has 0 amide bonds. The fourth-order valence-electron chi connectivity index (χ4n) is 3.31. The van der Waals surface area contributed by atoms with E-state index >= 15 is 0 Å². The molecule has 3 rings (SSSR count). The Kier molecular flexibility index (Phi) is 5.51. The SMILES string of the molecule is C[C@@H]1CCCC[C@H]1NC(=S)N(C)Cc1cnn(-c2ccccc2)c1. The van der Waals surface area contributed by atoms with Crippen molar-refractivity contribution in [3.63, 3.8) is 0 Å². The first kappa shape index (κ1) is 17.0. The fraction of sp³-hybridized carbons (Fsp3) is 0.474. The molecule has 1 heterocycles. The van der Waals surface area contributed by atoms with Crippen molar-refractivity contribution in [3.8, 4) is 5.69 Å². The number of hydrogen-bond donors (Lipinski definition) is 1. The van der Waals surface area contributed by atoms with Crippen LogP contribution in [0, 0.1) is 5.92 Å². The van der Waals surface area contributed by atoms with Crippen molar-refractivity contribution in [1.82, 2.24) is 20.0 Å². The lowest BCUT2D eigenvalue weighted by atomic mass is 9.86. The van der Waals surface area contributed by atoms with E-state index in [9.17, 15) is 0 Å². The van der Waals surface area contributed by atoms with Gasteiger partial charge in [0, 0.05) is 31.4 Å². The van der Waals surface area contributed by atoms with Crippen molar-refractivity contribution < 1.29 is 0 Å². The molecule has 1 fully saturated rings. The summed E-state index contributed by atoms with van der Waals surface area (Å²) in [6, 6.07) is 10.7. The third kappa shape index (κ3) is 4.15. The molecule has 0 bridgehead atoms. The first-order valence-corrected chi connectivity index (χ1v) is 9.15. The van der Waals surface area contributed by atoms with E-state index in [2.05, 4.69) is 40.6 Å². The zero-order chi connectivity index (χ0) is 16.9. The van der Waals surface area contributed by atoms with Gasteiger partial charge in [-0.05, 0) is 43.1 Å². The van der Waals surface area contributed by atoms with Crippen LogP contribution in [0.15, 0.2) is 42.7 Å². The van der Waals surface area contributed by atoms with E-state index in [0.29, 0.717) is 12.0 Å². The molecule has 128 valence electrons. The first-order chi connectivity index (χ1) is 11.6. The number of thiocarbonyl (C=S) groups is 1. The van der Waals surface area contributed by atoms with Crippen LogP contribution in [0.1, 0.15) is 38.2 Å². The molecule has 0 saturated heterocycles. The van der Waals surface area contributed by atoms with Crippen molar-refractivity contribution in [2.75, 3.05) is 7.05 Å². The van der Waals surface area contributed by atoms with E-state index in [4.69, 9.17) is 12.2 Å². The lowest BCUT2D eigenvalue weighted by Crippen LogP contribution is -2.46. The third-order valence-corrected chi connectivity index (χ3v) is 5.27. The number of para-hydroxylation sites is 1. The number of aromatic nitrogens is 2. The summed E-state index contributed by atoms with van der Waals surface area (Å²) in [5.74, 6) is 0.700. The van der Waals surface area contributed by atoms with Gasteiger partial charge in [0.2, 0.25) is 0 Å². The first-order valence-electron chi connectivity index (χ1n) is 8.74. The van der Waals surface area contributed by atoms with Crippen LogP contribution in [0.5, 0.6) is 0 Å². The molecule has 1 aliphatic rings. The molecule has 1 N–H and O–H groups in total. The molecule has 2 aromatic rings. The summed E-state index contributed by atoms with van der Waals surface area (Å²) in [7, 11) is 2.04. The second-order valence-electron chi connectivity index (χ2n) is 6.80. The molecule has 1 aromatic carbocycles. The summed E-state index contributed by atoms with van der Waals surface area (Å²) in [5.41, 5.74) is 2.23. The zero-order valence-electron chi connectivity index (χ0n) is 14.5. The number of hydrogen-bond acceptors (Lipinski definition) is 2. The van der Waals surface area contributed by atoms with Crippen molar-refractivity contribution in [2.24, 2.45) is 5.92 Å². The number of rotatable bonds is 4. The molecular formula is C19H26N4S. The molecule has 24 heavy (non-hydrogen) atoms. The maximum atomic E-state index is 5.60. The molecule has 0 spiro atoms. The number of nitrogens with one attached hydrogen (secondary N) is 1.